The summed E-state index contributed by atoms with van der Waals surface area (Å²) in [6.07, 6.45) is 1.35. The lowest BCUT2D eigenvalue weighted by atomic mass is 9.98. The van der Waals surface area contributed by atoms with E-state index < -0.39 is 0 Å². The average Bonchev–Trinajstić information content (AvgIpc) is 2.59. The van der Waals surface area contributed by atoms with Crippen molar-refractivity contribution >= 4 is 5.69 Å². The molecule has 0 aliphatic carbocycles. The lowest BCUT2D eigenvalue weighted by Gasteiger charge is -2.21. The van der Waals surface area contributed by atoms with Crippen LogP contribution in [0.25, 0.3) is 0 Å². The molecule has 2 aromatic carbocycles. The van der Waals surface area contributed by atoms with E-state index in [2.05, 4.69) is 44.3 Å². The van der Waals surface area contributed by atoms with Gasteiger partial charge in [0.15, 0.2) is 0 Å². The van der Waals surface area contributed by atoms with E-state index in [9.17, 15) is 0 Å². The van der Waals surface area contributed by atoms with Crippen molar-refractivity contribution in [2.75, 3.05) is 11.9 Å². The number of ether oxygens (including phenoxy) is 2. The number of anilines is 1. The molecule has 0 spiro atoms. The minimum atomic E-state index is 0.0693. The second kappa shape index (κ2) is 9.36. The second-order valence-corrected chi connectivity index (χ2v) is 6.85. The number of para-hydroxylation sites is 1. The zero-order valence-electron chi connectivity index (χ0n) is 16.1. The number of hydrogen-bond donors (Lipinski definition) is 1. The molecule has 2 atom stereocenters. The van der Waals surface area contributed by atoms with Crippen LogP contribution in [0.4, 0.5) is 5.69 Å². The molecule has 2 unspecified atom stereocenters. The first-order chi connectivity index (χ1) is 12.0. The van der Waals surface area contributed by atoms with Crippen LogP contribution in [0.3, 0.4) is 0 Å². The highest BCUT2D eigenvalue weighted by Crippen LogP contribution is 2.29. The highest BCUT2D eigenvalue weighted by Gasteiger charge is 2.12. The van der Waals surface area contributed by atoms with E-state index in [1.807, 2.05) is 44.2 Å². The monoisotopic (exact) mass is 341 g/mol. The van der Waals surface area contributed by atoms with Crippen molar-refractivity contribution < 1.29 is 9.47 Å². The average molecular weight is 341 g/mol. The summed E-state index contributed by atoms with van der Waals surface area (Å²) in [4.78, 5) is 0. The Morgan fingerprint density at radius 1 is 0.920 bits per heavy atom. The van der Waals surface area contributed by atoms with Crippen LogP contribution >= 0.6 is 0 Å². The van der Waals surface area contributed by atoms with Gasteiger partial charge in [-0.15, -0.1) is 0 Å². The number of nitrogens with one attached hydrogen (secondary N) is 1. The minimum absolute atomic E-state index is 0.0693. The van der Waals surface area contributed by atoms with E-state index in [1.54, 1.807) is 0 Å². The summed E-state index contributed by atoms with van der Waals surface area (Å²) in [5.41, 5.74) is 2.33. The molecule has 0 fully saturated rings. The fourth-order valence-electron chi connectivity index (χ4n) is 2.69. The summed E-state index contributed by atoms with van der Waals surface area (Å²) < 4.78 is 11.9. The summed E-state index contributed by atoms with van der Waals surface area (Å²) in [6, 6.07) is 16.4. The molecule has 0 radical (unpaired) electrons. The van der Waals surface area contributed by atoms with Crippen LogP contribution in [0.2, 0.25) is 0 Å². The molecular weight excluding hydrogens is 310 g/mol. The Balaban J connectivity index is 1.94. The molecule has 1 N–H and O–H groups in total. The molecule has 25 heavy (non-hydrogen) atoms. The van der Waals surface area contributed by atoms with Gasteiger partial charge in [-0.05, 0) is 56.9 Å². The van der Waals surface area contributed by atoms with Crippen molar-refractivity contribution in [2.45, 2.75) is 59.2 Å². The lowest BCUT2D eigenvalue weighted by Crippen LogP contribution is -2.23. The van der Waals surface area contributed by atoms with Gasteiger partial charge in [-0.3, -0.25) is 0 Å². The molecule has 136 valence electrons. The third-order valence-corrected chi connectivity index (χ3v) is 4.19. The smallest absolute Gasteiger partial charge is 0.123 e. The first kappa shape index (κ1) is 19.2. The Hall–Kier alpha value is -2.16. The Morgan fingerprint density at radius 2 is 1.68 bits per heavy atom. The van der Waals surface area contributed by atoms with Crippen LogP contribution in [0.5, 0.6) is 11.5 Å². The molecule has 2 rings (SSSR count). The maximum Gasteiger partial charge on any atom is 0.123 e. The number of benzene rings is 2. The van der Waals surface area contributed by atoms with Crippen molar-refractivity contribution in [1.29, 1.82) is 0 Å². The Bertz CT molecular complexity index is 654. The SMILES string of the molecule is CCC(C)c1ccccc1OC(C)CNc1cccc(OC(C)C)c1. The van der Waals surface area contributed by atoms with Crippen molar-refractivity contribution in [2.24, 2.45) is 0 Å². The molecule has 0 aromatic heterocycles. The van der Waals surface area contributed by atoms with E-state index >= 15 is 0 Å². The number of hydrogen-bond acceptors (Lipinski definition) is 3. The molecular formula is C22H31NO2. The standard InChI is InChI=1S/C22H31NO2/c1-6-17(4)21-12-7-8-13-22(21)25-18(5)15-23-19-10-9-11-20(14-19)24-16(2)3/h7-14,16-18,23H,6,15H2,1-5H3. The minimum Gasteiger partial charge on any atom is -0.491 e. The van der Waals surface area contributed by atoms with Gasteiger partial charge in [-0.2, -0.15) is 0 Å². The predicted molar refractivity (Wildman–Crippen MR) is 106 cm³/mol. The van der Waals surface area contributed by atoms with Gasteiger partial charge in [0.1, 0.15) is 17.6 Å². The van der Waals surface area contributed by atoms with Gasteiger partial charge in [0.2, 0.25) is 0 Å². The Kier molecular flexibility index (Phi) is 7.17. The highest BCUT2D eigenvalue weighted by atomic mass is 16.5. The van der Waals surface area contributed by atoms with Crippen molar-refractivity contribution in [3.8, 4) is 11.5 Å². The molecule has 0 saturated heterocycles. The third kappa shape index (κ3) is 6.00. The van der Waals surface area contributed by atoms with Crippen LogP contribution in [0, 0.1) is 0 Å². The van der Waals surface area contributed by atoms with Gasteiger partial charge in [0.05, 0.1) is 12.6 Å². The molecule has 0 aliphatic rings. The zero-order valence-corrected chi connectivity index (χ0v) is 16.1. The number of rotatable bonds is 9. The Labute approximate surface area is 152 Å². The maximum atomic E-state index is 6.19. The molecule has 0 bridgehead atoms. The normalized spacial score (nSPS) is 13.4. The topological polar surface area (TPSA) is 30.5 Å². The van der Waals surface area contributed by atoms with Gasteiger partial charge in [-0.1, -0.05) is 38.1 Å². The van der Waals surface area contributed by atoms with Gasteiger partial charge >= 0.3 is 0 Å². The van der Waals surface area contributed by atoms with Crippen LogP contribution in [-0.4, -0.2) is 18.8 Å². The molecule has 3 nitrogen and oxygen atoms in total. The fraction of sp³-hybridized carbons (Fsp3) is 0.455. The van der Waals surface area contributed by atoms with Crippen LogP contribution in [-0.2, 0) is 0 Å². The molecule has 0 heterocycles. The summed E-state index contributed by atoms with van der Waals surface area (Å²) >= 11 is 0. The van der Waals surface area contributed by atoms with Crippen LogP contribution < -0.4 is 14.8 Å². The molecule has 2 aromatic rings. The van der Waals surface area contributed by atoms with Gasteiger partial charge in [0.25, 0.3) is 0 Å². The van der Waals surface area contributed by atoms with Crippen molar-refractivity contribution in [1.82, 2.24) is 0 Å². The summed E-state index contributed by atoms with van der Waals surface area (Å²) in [5.74, 6) is 2.37. The quantitative estimate of drug-likeness (QED) is 0.619. The predicted octanol–water partition coefficient (Wildman–Crippen LogP) is 5.87. The third-order valence-electron chi connectivity index (χ3n) is 4.19. The van der Waals surface area contributed by atoms with E-state index in [0.717, 1.165) is 30.2 Å². The molecule has 0 saturated carbocycles. The summed E-state index contributed by atoms with van der Waals surface area (Å²) in [5, 5.41) is 3.44. The van der Waals surface area contributed by atoms with Crippen molar-refractivity contribution in [3.63, 3.8) is 0 Å². The summed E-state index contributed by atoms with van der Waals surface area (Å²) in [7, 11) is 0. The van der Waals surface area contributed by atoms with E-state index in [0.29, 0.717) is 5.92 Å². The molecule has 3 heteroatoms. The van der Waals surface area contributed by atoms with E-state index in [4.69, 9.17) is 9.47 Å². The first-order valence-corrected chi connectivity index (χ1v) is 9.25. The lowest BCUT2D eigenvalue weighted by molar-refractivity contribution is 0.231. The fourth-order valence-corrected chi connectivity index (χ4v) is 2.69. The van der Waals surface area contributed by atoms with Crippen LogP contribution in [0.15, 0.2) is 48.5 Å². The van der Waals surface area contributed by atoms with Crippen LogP contribution in [0.1, 0.15) is 52.5 Å². The van der Waals surface area contributed by atoms with Gasteiger partial charge in [-0.25, -0.2) is 0 Å². The highest BCUT2D eigenvalue weighted by molar-refractivity contribution is 5.48. The Morgan fingerprint density at radius 3 is 2.40 bits per heavy atom. The van der Waals surface area contributed by atoms with Gasteiger partial charge in [0, 0.05) is 11.8 Å². The maximum absolute atomic E-state index is 6.19. The second-order valence-electron chi connectivity index (χ2n) is 6.85. The summed E-state index contributed by atoms with van der Waals surface area (Å²) in [6.45, 7) is 11.3. The van der Waals surface area contributed by atoms with E-state index in [-0.39, 0.29) is 12.2 Å². The first-order valence-electron chi connectivity index (χ1n) is 9.25. The van der Waals surface area contributed by atoms with Gasteiger partial charge < -0.3 is 14.8 Å². The molecule has 0 aliphatic heterocycles. The zero-order chi connectivity index (χ0) is 18.2. The molecule has 0 amide bonds. The van der Waals surface area contributed by atoms with Crippen molar-refractivity contribution in [3.05, 3.63) is 54.1 Å². The van der Waals surface area contributed by atoms with E-state index in [1.165, 1.54) is 5.56 Å². The largest absolute Gasteiger partial charge is 0.491 e.